The van der Waals surface area contributed by atoms with Crippen molar-refractivity contribution in [3.63, 3.8) is 0 Å². The molecular weight excluding hydrogens is 392 g/mol. The van der Waals surface area contributed by atoms with Gasteiger partial charge in [0.25, 0.3) is 0 Å². The summed E-state index contributed by atoms with van der Waals surface area (Å²) in [5.41, 5.74) is 4.45. The highest BCUT2D eigenvalue weighted by molar-refractivity contribution is 5.88. The third-order valence-electron chi connectivity index (χ3n) is 5.46. The van der Waals surface area contributed by atoms with Crippen molar-refractivity contribution in [3.05, 3.63) is 87.8 Å². The molecule has 0 aliphatic carbocycles. The van der Waals surface area contributed by atoms with E-state index < -0.39 is 5.63 Å². The lowest BCUT2D eigenvalue weighted by molar-refractivity contribution is 0.305. The van der Waals surface area contributed by atoms with Gasteiger partial charge in [0.1, 0.15) is 17.9 Å². The smallest absolute Gasteiger partial charge is 0.344 e. The lowest BCUT2D eigenvalue weighted by atomic mass is 9.99. The number of hydrogen-bond acceptors (Lipinski definition) is 5. The molecule has 0 amide bonds. The molecule has 0 atom stereocenters. The van der Waals surface area contributed by atoms with Crippen molar-refractivity contribution >= 4 is 11.0 Å². The summed E-state index contributed by atoms with van der Waals surface area (Å²) in [5, 5.41) is 0.826. The molecule has 0 aliphatic heterocycles. The van der Waals surface area contributed by atoms with Gasteiger partial charge in [-0.15, -0.1) is 0 Å². The first-order valence-corrected chi connectivity index (χ1v) is 9.99. The second-order valence-corrected chi connectivity index (χ2v) is 7.33. The minimum atomic E-state index is -0.397. The zero-order chi connectivity index (χ0) is 22.0. The fourth-order valence-corrected chi connectivity index (χ4v) is 3.68. The van der Waals surface area contributed by atoms with Crippen LogP contribution in [-0.4, -0.2) is 14.2 Å². The predicted molar refractivity (Wildman–Crippen MR) is 121 cm³/mol. The Hall–Kier alpha value is -3.73. The third-order valence-corrected chi connectivity index (χ3v) is 5.46. The summed E-state index contributed by atoms with van der Waals surface area (Å²) in [6, 6.07) is 19.0. The Balaban J connectivity index is 1.74. The molecule has 0 radical (unpaired) electrons. The summed E-state index contributed by atoms with van der Waals surface area (Å²) in [5.74, 6) is 1.86. The lowest BCUT2D eigenvalue weighted by Gasteiger charge is -2.13. The average Bonchev–Trinajstić information content (AvgIpc) is 2.78. The van der Waals surface area contributed by atoms with Crippen molar-refractivity contribution in [3.8, 4) is 28.4 Å². The van der Waals surface area contributed by atoms with Gasteiger partial charge in [-0.1, -0.05) is 30.3 Å². The molecule has 0 spiro atoms. The molecule has 158 valence electrons. The van der Waals surface area contributed by atoms with Crippen molar-refractivity contribution in [2.24, 2.45) is 0 Å². The Kier molecular flexibility index (Phi) is 5.67. The number of hydrogen-bond donors (Lipinski definition) is 0. The summed E-state index contributed by atoms with van der Waals surface area (Å²) in [7, 11) is 3.14. The molecule has 0 fully saturated rings. The van der Waals surface area contributed by atoms with E-state index >= 15 is 0 Å². The van der Waals surface area contributed by atoms with Crippen molar-refractivity contribution in [1.29, 1.82) is 0 Å². The molecule has 0 N–H and O–H groups in total. The van der Waals surface area contributed by atoms with Crippen LogP contribution in [0.2, 0.25) is 0 Å². The standard InChI is InChI=1S/C26H24O5/c1-16-7-5-6-8-19(16)15-30-20-10-12-22-21(14-20)17(2)25(26(27)31-22)18-9-11-23(28-3)24(13-18)29-4/h5-14H,15H2,1-4H3. The molecule has 3 aromatic carbocycles. The minimum absolute atomic E-state index is 0.397. The zero-order valence-corrected chi connectivity index (χ0v) is 18.0. The second kappa shape index (κ2) is 8.56. The van der Waals surface area contributed by atoms with Crippen molar-refractivity contribution in [1.82, 2.24) is 0 Å². The van der Waals surface area contributed by atoms with Gasteiger partial charge >= 0.3 is 5.63 Å². The molecule has 0 bridgehead atoms. The van der Waals surface area contributed by atoms with Gasteiger partial charge in [0.2, 0.25) is 0 Å². The number of fused-ring (bicyclic) bond motifs is 1. The predicted octanol–water partition coefficient (Wildman–Crippen LogP) is 5.67. The Morgan fingerprint density at radius 2 is 1.65 bits per heavy atom. The molecule has 0 unspecified atom stereocenters. The third kappa shape index (κ3) is 3.99. The van der Waals surface area contributed by atoms with E-state index in [4.69, 9.17) is 18.6 Å². The summed E-state index contributed by atoms with van der Waals surface area (Å²) in [6.07, 6.45) is 0. The van der Waals surface area contributed by atoms with E-state index in [-0.39, 0.29) is 0 Å². The number of aryl methyl sites for hydroxylation is 2. The number of ether oxygens (including phenoxy) is 3. The van der Waals surface area contributed by atoms with E-state index in [0.717, 1.165) is 16.5 Å². The summed E-state index contributed by atoms with van der Waals surface area (Å²) in [4.78, 5) is 12.8. The Morgan fingerprint density at radius 3 is 2.39 bits per heavy atom. The average molecular weight is 416 g/mol. The monoisotopic (exact) mass is 416 g/mol. The van der Waals surface area contributed by atoms with Crippen molar-refractivity contribution < 1.29 is 18.6 Å². The topological polar surface area (TPSA) is 57.9 Å². The van der Waals surface area contributed by atoms with E-state index in [1.54, 1.807) is 32.4 Å². The van der Waals surface area contributed by atoms with Gasteiger partial charge in [-0.05, 0) is 66.4 Å². The fraction of sp³-hybridized carbons (Fsp3) is 0.192. The van der Waals surface area contributed by atoms with Gasteiger partial charge in [0.15, 0.2) is 11.5 Å². The molecule has 1 aromatic heterocycles. The van der Waals surface area contributed by atoms with Gasteiger partial charge in [-0.2, -0.15) is 0 Å². The Morgan fingerprint density at radius 1 is 0.871 bits per heavy atom. The van der Waals surface area contributed by atoms with Gasteiger partial charge in [0.05, 0.1) is 19.8 Å². The van der Waals surface area contributed by atoms with E-state index in [9.17, 15) is 4.79 Å². The lowest BCUT2D eigenvalue weighted by Crippen LogP contribution is -2.06. The molecule has 0 saturated carbocycles. The van der Waals surface area contributed by atoms with Crippen LogP contribution >= 0.6 is 0 Å². The normalized spacial score (nSPS) is 10.8. The molecule has 0 aliphatic rings. The highest BCUT2D eigenvalue weighted by Gasteiger charge is 2.16. The van der Waals surface area contributed by atoms with Crippen LogP contribution in [-0.2, 0) is 6.61 Å². The Labute approximate surface area is 180 Å². The molecule has 0 saturated heterocycles. The first-order valence-electron chi connectivity index (χ1n) is 9.99. The number of rotatable bonds is 6. The van der Waals surface area contributed by atoms with Gasteiger partial charge in [-0.3, -0.25) is 0 Å². The molecular formula is C26H24O5. The number of methoxy groups -OCH3 is 2. The molecule has 4 rings (SSSR count). The first-order chi connectivity index (χ1) is 15.0. The van der Waals surface area contributed by atoms with E-state index in [1.165, 1.54) is 5.56 Å². The van der Waals surface area contributed by atoms with E-state index in [0.29, 0.717) is 40.6 Å². The quantitative estimate of drug-likeness (QED) is 0.379. The maximum absolute atomic E-state index is 12.8. The number of benzene rings is 3. The molecule has 1 heterocycles. The van der Waals surface area contributed by atoms with Crippen LogP contribution in [0.5, 0.6) is 17.2 Å². The van der Waals surface area contributed by atoms with Crippen LogP contribution in [0.25, 0.3) is 22.1 Å². The maximum Gasteiger partial charge on any atom is 0.344 e. The second-order valence-electron chi connectivity index (χ2n) is 7.33. The highest BCUT2D eigenvalue weighted by Crippen LogP contribution is 2.34. The maximum atomic E-state index is 12.8. The first kappa shape index (κ1) is 20.5. The minimum Gasteiger partial charge on any atom is -0.493 e. The molecule has 5 nitrogen and oxygen atoms in total. The SMILES string of the molecule is COc1ccc(-c2c(C)c3cc(OCc4ccccc4C)ccc3oc2=O)cc1OC. The summed E-state index contributed by atoms with van der Waals surface area (Å²) in [6.45, 7) is 4.44. The van der Waals surface area contributed by atoms with E-state index in [2.05, 4.69) is 19.1 Å². The summed E-state index contributed by atoms with van der Waals surface area (Å²) < 4.78 is 22.3. The fourth-order valence-electron chi connectivity index (χ4n) is 3.68. The van der Waals surface area contributed by atoms with Crippen LogP contribution in [0.4, 0.5) is 0 Å². The highest BCUT2D eigenvalue weighted by atomic mass is 16.5. The summed E-state index contributed by atoms with van der Waals surface area (Å²) >= 11 is 0. The van der Waals surface area contributed by atoms with Crippen molar-refractivity contribution in [2.75, 3.05) is 14.2 Å². The molecule has 31 heavy (non-hydrogen) atoms. The van der Waals surface area contributed by atoms with Crippen LogP contribution in [0.1, 0.15) is 16.7 Å². The van der Waals surface area contributed by atoms with Gasteiger partial charge < -0.3 is 18.6 Å². The van der Waals surface area contributed by atoms with Crippen LogP contribution in [0, 0.1) is 13.8 Å². The molecule has 4 aromatic rings. The zero-order valence-electron chi connectivity index (χ0n) is 18.0. The van der Waals surface area contributed by atoms with Crippen LogP contribution in [0.3, 0.4) is 0 Å². The molecule has 5 heteroatoms. The van der Waals surface area contributed by atoms with Gasteiger partial charge in [-0.25, -0.2) is 4.79 Å². The van der Waals surface area contributed by atoms with Gasteiger partial charge in [0, 0.05) is 5.39 Å². The largest absolute Gasteiger partial charge is 0.493 e. The van der Waals surface area contributed by atoms with Crippen molar-refractivity contribution in [2.45, 2.75) is 20.5 Å². The van der Waals surface area contributed by atoms with E-state index in [1.807, 2.05) is 37.3 Å². The van der Waals surface area contributed by atoms with Crippen LogP contribution in [0.15, 0.2) is 69.9 Å². The van der Waals surface area contributed by atoms with Crippen LogP contribution < -0.4 is 19.8 Å². The Bertz CT molecular complexity index is 1300.